The fraction of sp³-hybridized carbons (Fsp3) is 0.471. The van der Waals surface area contributed by atoms with Crippen LogP contribution in [-0.4, -0.2) is 27.4 Å². The van der Waals surface area contributed by atoms with Gasteiger partial charge in [-0.3, -0.25) is 4.57 Å². The molecule has 23 heavy (non-hydrogen) atoms. The van der Waals surface area contributed by atoms with E-state index in [1.54, 1.807) is 0 Å². The summed E-state index contributed by atoms with van der Waals surface area (Å²) < 4.78 is 7.79. The average Bonchev–Trinajstić information content (AvgIpc) is 2.90. The summed E-state index contributed by atoms with van der Waals surface area (Å²) in [6.45, 7) is 2.56. The number of fused-ring (bicyclic) bond motifs is 1. The molecule has 3 rings (SSSR count). The number of aromatic nitrogens is 3. The Labute approximate surface area is 134 Å². The van der Waals surface area contributed by atoms with Crippen molar-refractivity contribution >= 4 is 5.97 Å². The normalized spacial score (nSPS) is 16.9. The molecule has 0 N–H and O–H groups in total. The Morgan fingerprint density at radius 2 is 2.09 bits per heavy atom. The van der Waals surface area contributed by atoms with E-state index in [4.69, 9.17) is 4.74 Å². The van der Waals surface area contributed by atoms with Crippen molar-refractivity contribution in [1.29, 1.82) is 0 Å². The summed E-state index contributed by atoms with van der Waals surface area (Å²) in [4.78, 5) is 24.5. The van der Waals surface area contributed by atoms with E-state index in [1.807, 2.05) is 6.92 Å². The van der Waals surface area contributed by atoms with E-state index < -0.39 is 6.04 Å². The van der Waals surface area contributed by atoms with Gasteiger partial charge >= 0.3 is 11.7 Å². The first-order chi connectivity index (χ1) is 11.1. The lowest BCUT2D eigenvalue weighted by molar-refractivity contribution is -0.145. The van der Waals surface area contributed by atoms with Crippen molar-refractivity contribution in [3.63, 3.8) is 0 Å². The highest BCUT2D eigenvalue weighted by Gasteiger charge is 2.30. The minimum atomic E-state index is -0.538. The number of methoxy groups -OCH3 is 1. The summed E-state index contributed by atoms with van der Waals surface area (Å²) in [5.74, 6) is 0.312. The van der Waals surface area contributed by atoms with Crippen LogP contribution >= 0.6 is 0 Å². The summed E-state index contributed by atoms with van der Waals surface area (Å²) in [6, 6.07) is 7.71. The average molecular weight is 315 g/mol. The first-order valence-electron chi connectivity index (χ1n) is 7.91. The molecule has 0 bridgehead atoms. The third-order valence-electron chi connectivity index (χ3n) is 4.34. The van der Waals surface area contributed by atoms with Crippen LogP contribution in [0.2, 0.25) is 0 Å². The Morgan fingerprint density at radius 3 is 2.78 bits per heavy atom. The molecule has 1 aromatic carbocycles. The number of carbonyl (C=O) groups excluding carboxylic acids is 1. The lowest BCUT2D eigenvalue weighted by Crippen LogP contribution is -2.35. The van der Waals surface area contributed by atoms with E-state index in [2.05, 4.69) is 29.4 Å². The van der Waals surface area contributed by atoms with Crippen molar-refractivity contribution in [2.24, 2.45) is 0 Å². The molecular weight excluding hydrogens is 294 g/mol. The second kappa shape index (κ2) is 6.40. The zero-order valence-corrected chi connectivity index (χ0v) is 13.5. The summed E-state index contributed by atoms with van der Waals surface area (Å²) in [5.41, 5.74) is 2.16. The van der Waals surface area contributed by atoms with Crippen molar-refractivity contribution in [3.8, 4) is 0 Å². The number of nitrogens with zero attached hydrogens (tertiary/aromatic N) is 3. The van der Waals surface area contributed by atoms with Crippen LogP contribution in [0.4, 0.5) is 0 Å². The van der Waals surface area contributed by atoms with Crippen LogP contribution in [0.15, 0.2) is 29.1 Å². The topological polar surface area (TPSA) is 66.1 Å². The molecule has 0 amide bonds. The van der Waals surface area contributed by atoms with E-state index in [1.165, 1.54) is 21.9 Å². The highest BCUT2D eigenvalue weighted by molar-refractivity contribution is 5.74. The SMILES string of the molecule is COC(=O)C1CCCc2nn(CCc3ccc(C)cc3)c(=O)n21. The van der Waals surface area contributed by atoms with E-state index >= 15 is 0 Å². The number of hydrogen-bond acceptors (Lipinski definition) is 4. The largest absolute Gasteiger partial charge is 0.467 e. The molecule has 1 aromatic heterocycles. The van der Waals surface area contributed by atoms with E-state index in [0.717, 1.165) is 24.8 Å². The molecule has 6 nitrogen and oxygen atoms in total. The molecule has 122 valence electrons. The number of rotatable bonds is 4. The Kier molecular flexibility index (Phi) is 4.32. The fourth-order valence-corrected chi connectivity index (χ4v) is 3.03. The van der Waals surface area contributed by atoms with E-state index in [0.29, 0.717) is 18.8 Å². The number of hydrogen-bond donors (Lipinski definition) is 0. The molecule has 6 heteroatoms. The number of aryl methyl sites for hydroxylation is 4. The summed E-state index contributed by atoms with van der Waals surface area (Å²) in [6.07, 6.45) is 2.93. The quantitative estimate of drug-likeness (QED) is 0.805. The smallest absolute Gasteiger partial charge is 0.346 e. The first-order valence-corrected chi connectivity index (χ1v) is 7.91. The zero-order valence-electron chi connectivity index (χ0n) is 13.5. The van der Waals surface area contributed by atoms with Gasteiger partial charge in [-0.25, -0.2) is 14.3 Å². The molecule has 2 heterocycles. The highest BCUT2D eigenvalue weighted by atomic mass is 16.5. The monoisotopic (exact) mass is 315 g/mol. The van der Waals surface area contributed by atoms with Crippen molar-refractivity contribution < 1.29 is 9.53 Å². The van der Waals surface area contributed by atoms with Crippen LogP contribution in [-0.2, 0) is 28.9 Å². The molecule has 0 saturated heterocycles. The van der Waals surface area contributed by atoms with Crippen LogP contribution in [0.5, 0.6) is 0 Å². The zero-order chi connectivity index (χ0) is 16.4. The van der Waals surface area contributed by atoms with Gasteiger partial charge in [0.05, 0.1) is 13.7 Å². The Balaban J connectivity index is 1.82. The van der Waals surface area contributed by atoms with Crippen LogP contribution < -0.4 is 5.69 Å². The molecule has 1 aliphatic rings. The molecule has 0 spiro atoms. The second-order valence-electron chi connectivity index (χ2n) is 5.96. The van der Waals surface area contributed by atoms with Gasteiger partial charge in [0.15, 0.2) is 0 Å². The summed E-state index contributed by atoms with van der Waals surface area (Å²) >= 11 is 0. The number of esters is 1. The van der Waals surface area contributed by atoms with Gasteiger partial charge in [0, 0.05) is 6.42 Å². The lowest BCUT2D eigenvalue weighted by atomic mass is 10.1. The molecule has 0 radical (unpaired) electrons. The summed E-state index contributed by atoms with van der Waals surface area (Å²) in [7, 11) is 1.35. The molecule has 2 aromatic rings. The minimum absolute atomic E-state index is 0.220. The van der Waals surface area contributed by atoms with Crippen LogP contribution in [0.1, 0.15) is 35.8 Å². The molecule has 1 unspecified atom stereocenters. The van der Waals surface area contributed by atoms with Crippen LogP contribution in [0, 0.1) is 6.92 Å². The highest BCUT2D eigenvalue weighted by Crippen LogP contribution is 2.22. The summed E-state index contributed by atoms with van der Waals surface area (Å²) in [5, 5.41) is 4.41. The molecule has 1 atom stereocenters. The Bertz CT molecular complexity index is 758. The van der Waals surface area contributed by atoms with Gasteiger partial charge in [-0.15, -0.1) is 0 Å². The van der Waals surface area contributed by atoms with Crippen LogP contribution in [0.25, 0.3) is 0 Å². The molecule has 0 fully saturated rings. The minimum Gasteiger partial charge on any atom is -0.467 e. The van der Waals surface area contributed by atoms with Gasteiger partial charge in [-0.1, -0.05) is 29.8 Å². The van der Waals surface area contributed by atoms with Gasteiger partial charge in [-0.2, -0.15) is 5.10 Å². The third-order valence-corrected chi connectivity index (χ3v) is 4.34. The maximum atomic E-state index is 12.6. The number of benzene rings is 1. The molecular formula is C17H21N3O3. The predicted molar refractivity (Wildman–Crippen MR) is 85.4 cm³/mol. The molecule has 0 saturated carbocycles. The molecule has 0 aliphatic carbocycles. The van der Waals surface area contributed by atoms with Crippen molar-refractivity contribution in [3.05, 3.63) is 51.7 Å². The van der Waals surface area contributed by atoms with Gasteiger partial charge in [0.2, 0.25) is 0 Å². The fourth-order valence-electron chi connectivity index (χ4n) is 3.03. The first kappa shape index (κ1) is 15.5. The van der Waals surface area contributed by atoms with Gasteiger partial charge < -0.3 is 4.74 Å². The lowest BCUT2D eigenvalue weighted by Gasteiger charge is -2.20. The van der Waals surface area contributed by atoms with Crippen molar-refractivity contribution in [2.75, 3.05) is 7.11 Å². The number of carbonyl (C=O) groups is 1. The van der Waals surface area contributed by atoms with Crippen LogP contribution in [0.3, 0.4) is 0 Å². The molecule has 1 aliphatic heterocycles. The standard InChI is InChI=1S/C17H21N3O3/c1-12-6-8-13(9-7-12)10-11-19-17(22)20-14(16(21)23-2)4-3-5-15(20)18-19/h6-9,14H,3-5,10-11H2,1-2H3. The van der Waals surface area contributed by atoms with Crippen molar-refractivity contribution in [2.45, 2.75) is 45.2 Å². The maximum absolute atomic E-state index is 12.6. The Hall–Kier alpha value is -2.37. The predicted octanol–water partition coefficient (Wildman–Crippen LogP) is 1.65. The van der Waals surface area contributed by atoms with E-state index in [-0.39, 0.29) is 11.7 Å². The number of ether oxygens (including phenoxy) is 1. The Morgan fingerprint density at radius 1 is 1.35 bits per heavy atom. The van der Waals surface area contributed by atoms with Gasteiger partial charge in [0.25, 0.3) is 0 Å². The van der Waals surface area contributed by atoms with Gasteiger partial charge in [0.1, 0.15) is 11.9 Å². The second-order valence-corrected chi connectivity index (χ2v) is 5.96. The third kappa shape index (κ3) is 3.06. The van der Waals surface area contributed by atoms with Gasteiger partial charge in [-0.05, 0) is 31.7 Å². The maximum Gasteiger partial charge on any atom is 0.346 e. The van der Waals surface area contributed by atoms with E-state index in [9.17, 15) is 9.59 Å². The van der Waals surface area contributed by atoms with Crippen molar-refractivity contribution in [1.82, 2.24) is 14.3 Å².